The standard InChI is InChI=1S/C15H26N2O4/c1-4-15(12(18)19)6-5-7-16(11-15)13(20)17-8-9-21-14(2,3)10-17/h4-11H2,1-3H3,(H,18,19). The summed E-state index contributed by atoms with van der Waals surface area (Å²) < 4.78 is 5.63. The molecule has 2 amide bonds. The highest BCUT2D eigenvalue weighted by molar-refractivity contribution is 5.79. The Kier molecular flexibility index (Phi) is 4.46. The van der Waals surface area contributed by atoms with Crippen molar-refractivity contribution in [3.05, 3.63) is 0 Å². The van der Waals surface area contributed by atoms with Crippen LogP contribution < -0.4 is 0 Å². The lowest BCUT2D eigenvalue weighted by Gasteiger charge is -2.44. The van der Waals surface area contributed by atoms with Gasteiger partial charge in [-0.1, -0.05) is 6.92 Å². The van der Waals surface area contributed by atoms with Crippen LogP contribution in [0.5, 0.6) is 0 Å². The van der Waals surface area contributed by atoms with E-state index in [1.54, 1.807) is 9.80 Å². The number of likely N-dealkylation sites (tertiary alicyclic amines) is 1. The Labute approximate surface area is 126 Å². The molecule has 0 bridgehead atoms. The lowest BCUT2D eigenvalue weighted by molar-refractivity contribution is -0.152. The molecule has 2 aliphatic rings. The van der Waals surface area contributed by atoms with E-state index >= 15 is 0 Å². The van der Waals surface area contributed by atoms with Gasteiger partial charge in [0.05, 0.1) is 24.2 Å². The number of rotatable bonds is 2. The molecule has 0 spiro atoms. The van der Waals surface area contributed by atoms with Crippen molar-refractivity contribution in [3.63, 3.8) is 0 Å². The van der Waals surface area contributed by atoms with Crippen molar-refractivity contribution in [2.24, 2.45) is 5.41 Å². The van der Waals surface area contributed by atoms with E-state index in [9.17, 15) is 14.7 Å². The van der Waals surface area contributed by atoms with E-state index in [1.807, 2.05) is 20.8 Å². The Bertz CT molecular complexity index is 424. The maximum atomic E-state index is 12.7. The molecule has 0 aliphatic carbocycles. The average molecular weight is 298 g/mol. The van der Waals surface area contributed by atoms with Crippen LogP contribution in [0.1, 0.15) is 40.0 Å². The molecule has 0 aromatic rings. The monoisotopic (exact) mass is 298 g/mol. The SMILES string of the molecule is CCC1(C(=O)O)CCCN(C(=O)N2CCOC(C)(C)C2)C1. The molecule has 2 fully saturated rings. The molecule has 21 heavy (non-hydrogen) atoms. The zero-order chi connectivity index (χ0) is 15.7. The van der Waals surface area contributed by atoms with Crippen LogP contribution in [0.2, 0.25) is 0 Å². The Morgan fingerprint density at radius 1 is 1.19 bits per heavy atom. The highest BCUT2D eigenvalue weighted by Crippen LogP contribution is 2.34. The van der Waals surface area contributed by atoms with Gasteiger partial charge in [-0.05, 0) is 33.1 Å². The lowest BCUT2D eigenvalue weighted by atomic mass is 9.78. The first kappa shape index (κ1) is 16.1. The van der Waals surface area contributed by atoms with Crippen molar-refractivity contribution >= 4 is 12.0 Å². The van der Waals surface area contributed by atoms with Gasteiger partial charge in [0.25, 0.3) is 0 Å². The number of nitrogens with zero attached hydrogens (tertiary/aromatic N) is 2. The van der Waals surface area contributed by atoms with Crippen LogP contribution in [-0.2, 0) is 9.53 Å². The predicted octanol–water partition coefficient (Wildman–Crippen LogP) is 1.79. The molecule has 0 aromatic heterocycles. The summed E-state index contributed by atoms with van der Waals surface area (Å²) in [5.74, 6) is -0.787. The molecule has 1 unspecified atom stereocenters. The Morgan fingerprint density at radius 2 is 1.86 bits per heavy atom. The van der Waals surface area contributed by atoms with Gasteiger partial charge in [-0.2, -0.15) is 0 Å². The van der Waals surface area contributed by atoms with Crippen LogP contribution in [0.4, 0.5) is 4.79 Å². The summed E-state index contributed by atoms with van der Waals surface area (Å²) in [4.78, 5) is 27.8. The highest BCUT2D eigenvalue weighted by atomic mass is 16.5. The third-order valence-corrected chi connectivity index (χ3v) is 4.67. The van der Waals surface area contributed by atoms with Crippen LogP contribution in [0.3, 0.4) is 0 Å². The second-order valence-corrected chi connectivity index (χ2v) is 6.78. The minimum absolute atomic E-state index is 0.0508. The Morgan fingerprint density at radius 3 is 2.43 bits per heavy atom. The molecule has 6 nitrogen and oxygen atoms in total. The van der Waals surface area contributed by atoms with Crippen molar-refractivity contribution in [2.75, 3.05) is 32.8 Å². The fourth-order valence-electron chi connectivity index (χ4n) is 3.29. The summed E-state index contributed by atoms with van der Waals surface area (Å²) in [6.45, 7) is 8.44. The number of amides is 2. The fraction of sp³-hybridized carbons (Fsp3) is 0.867. The summed E-state index contributed by atoms with van der Waals surface area (Å²) in [5, 5.41) is 9.51. The zero-order valence-electron chi connectivity index (χ0n) is 13.2. The average Bonchev–Trinajstić information content (AvgIpc) is 2.45. The normalized spacial score (nSPS) is 29.3. The van der Waals surface area contributed by atoms with E-state index in [-0.39, 0.29) is 11.6 Å². The molecule has 2 aliphatic heterocycles. The third kappa shape index (κ3) is 3.31. The molecular weight excluding hydrogens is 272 g/mol. The van der Waals surface area contributed by atoms with Crippen molar-refractivity contribution in [1.29, 1.82) is 0 Å². The second kappa shape index (κ2) is 5.83. The molecular formula is C15H26N2O4. The van der Waals surface area contributed by atoms with Gasteiger partial charge in [-0.3, -0.25) is 4.79 Å². The topological polar surface area (TPSA) is 70.1 Å². The number of piperidine rings is 1. The summed E-state index contributed by atoms with van der Waals surface area (Å²) in [5.41, 5.74) is -1.12. The van der Waals surface area contributed by atoms with Gasteiger partial charge in [-0.25, -0.2) is 4.79 Å². The van der Waals surface area contributed by atoms with Crippen molar-refractivity contribution in [2.45, 2.75) is 45.6 Å². The fourth-order valence-corrected chi connectivity index (χ4v) is 3.29. The van der Waals surface area contributed by atoms with E-state index in [4.69, 9.17) is 4.74 Å². The number of hydrogen-bond acceptors (Lipinski definition) is 3. The van der Waals surface area contributed by atoms with Gasteiger partial charge >= 0.3 is 12.0 Å². The smallest absolute Gasteiger partial charge is 0.320 e. The molecule has 0 aromatic carbocycles. The van der Waals surface area contributed by atoms with Crippen molar-refractivity contribution in [3.8, 4) is 0 Å². The molecule has 120 valence electrons. The van der Waals surface area contributed by atoms with E-state index in [0.717, 1.165) is 6.42 Å². The number of carboxylic acids is 1. The molecule has 1 N–H and O–H groups in total. The maximum absolute atomic E-state index is 12.7. The van der Waals surface area contributed by atoms with Gasteiger partial charge in [0.15, 0.2) is 0 Å². The molecule has 1 atom stereocenters. The van der Waals surface area contributed by atoms with Crippen LogP contribution in [0.25, 0.3) is 0 Å². The quantitative estimate of drug-likeness (QED) is 0.844. The summed E-state index contributed by atoms with van der Waals surface area (Å²) in [6.07, 6.45) is 1.96. The first-order valence-corrected chi connectivity index (χ1v) is 7.71. The van der Waals surface area contributed by atoms with Crippen molar-refractivity contribution < 1.29 is 19.4 Å². The number of aliphatic carboxylic acids is 1. The molecule has 2 saturated heterocycles. The number of urea groups is 1. The van der Waals surface area contributed by atoms with Gasteiger partial charge in [0.2, 0.25) is 0 Å². The highest BCUT2D eigenvalue weighted by Gasteiger charge is 2.43. The van der Waals surface area contributed by atoms with E-state index < -0.39 is 11.4 Å². The summed E-state index contributed by atoms with van der Waals surface area (Å²) in [7, 11) is 0. The van der Waals surface area contributed by atoms with Gasteiger partial charge in [0.1, 0.15) is 0 Å². The molecule has 2 heterocycles. The maximum Gasteiger partial charge on any atom is 0.320 e. The zero-order valence-corrected chi connectivity index (χ0v) is 13.2. The van der Waals surface area contributed by atoms with Crippen molar-refractivity contribution in [1.82, 2.24) is 9.80 Å². The van der Waals surface area contributed by atoms with Gasteiger partial charge in [-0.15, -0.1) is 0 Å². The summed E-state index contributed by atoms with van der Waals surface area (Å²) >= 11 is 0. The number of carboxylic acid groups (broad SMARTS) is 1. The van der Waals surface area contributed by atoms with Crippen LogP contribution in [0, 0.1) is 5.41 Å². The first-order valence-electron chi connectivity index (χ1n) is 7.71. The predicted molar refractivity (Wildman–Crippen MR) is 78.2 cm³/mol. The van der Waals surface area contributed by atoms with E-state index in [0.29, 0.717) is 45.6 Å². The number of ether oxygens (including phenoxy) is 1. The van der Waals surface area contributed by atoms with Gasteiger partial charge in [0, 0.05) is 19.6 Å². The molecule has 0 saturated carbocycles. The number of hydrogen-bond donors (Lipinski definition) is 1. The Balaban J connectivity index is 2.07. The number of morpholine rings is 1. The van der Waals surface area contributed by atoms with E-state index in [1.165, 1.54) is 0 Å². The van der Waals surface area contributed by atoms with Crippen LogP contribution in [-0.4, -0.2) is 65.3 Å². The molecule has 0 radical (unpaired) electrons. The third-order valence-electron chi connectivity index (χ3n) is 4.67. The van der Waals surface area contributed by atoms with Gasteiger partial charge < -0.3 is 19.6 Å². The second-order valence-electron chi connectivity index (χ2n) is 6.78. The van der Waals surface area contributed by atoms with E-state index in [2.05, 4.69) is 0 Å². The van der Waals surface area contributed by atoms with Crippen LogP contribution in [0.15, 0.2) is 0 Å². The largest absolute Gasteiger partial charge is 0.481 e. The Hall–Kier alpha value is -1.30. The minimum atomic E-state index is -0.787. The lowest BCUT2D eigenvalue weighted by Crippen LogP contribution is -2.58. The minimum Gasteiger partial charge on any atom is -0.481 e. The molecule has 2 rings (SSSR count). The number of carbonyl (C=O) groups is 2. The number of carbonyl (C=O) groups excluding carboxylic acids is 1. The summed E-state index contributed by atoms with van der Waals surface area (Å²) in [6, 6.07) is -0.0508. The molecule has 6 heteroatoms. The van der Waals surface area contributed by atoms with Crippen LogP contribution >= 0.6 is 0 Å². The first-order chi connectivity index (χ1) is 9.80.